The Balaban J connectivity index is 2.23. The zero-order chi connectivity index (χ0) is 13.8. The fourth-order valence-corrected chi connectivity index (χ4v) is 1.90. The molecule has 1 heterocycles. The third-order valence-corrected chi connectivity index (χ3v) is 2.87. The summed E-state index contributed by atoms with van der Waals surface area (Å²) in [5.74, 6) is -0.792. The second-order valence-electron chi connectivity index (χ2n) is 4.35. The van der Waals surface area contributed by atoms with Gasteiger partial charge in [-0.15, -0.1) is 0 Å². The summed E-state index contributed by atoms with van der Waals surface area (Å²) in [5, 5.41) is 2.75. The Morgan fingerprint density at radius 3 is 3.00 bits per heavy atom. The predicted octanol–water partition coefficient (Wildman–Crippen LogP) is 1.09. The Bertz CT molecular complexity index is 642. The zero-order valence-electron chi connectivity index (χ0n) is 10.8. The quantitative estimate of drug-likeness (QED) is 0.624. The van der Waals surface area contributed by atoms with Crippen molar-refractivity contribution < 1.29 is 9.21 Å². The van der Waals surface area contributed by atoms with Gasteiger partial charge >= 0.3 is 5.76 Å². The summed E-state index contributed by atoms with van der Waals surface area (Å²) < 4.78 is 6.31. The highest BCUT2D eigenvalue weighted by molar-refractivity contribution is 5.87. The first-order valence-corrected chi connectivity index (χ1v) is 6.28. The van der Waals surface area contributed by atoms with Crippen LogP contribution in [0.5, 0.6) is 0 Å². The highest BCUT2D eigenvalue weighted by atomic mass is 16.4. The molecule has 2 aromatic rings. The molecule has 102 valence electrons. The smallest absolute Gasteiger partial charge is 0.408 e. The van der Waals surface area contributed by atoms with Gasteiger partial charge in [0.1, 0.15) is 12.1 Å². The summed E-state index contributed by atoms with van der Waals surface area (Å²) in [7, 11) is 0. The highest BCUT2D eigenvalue weighted by Crippen LogP contribution is 2.19. The van der Waals surface area contributed by atoms with E-state index in [0.29, 0.717) is 23.3 Å². The van der Waals surface area contributed by atoms with Gasteiger partial charge in [0.25, 0.3) is 0 Å². The molecule has 19 heavy (non-hydrogen) atoms. The van der Waals surface area contributed by atoms with Crippen molar-refractivity contribution >= 4 is 22.7 Å². The Morgan fingerprint density at radius 1 is 1.47 bits per heavy atom. The van der Waals surface area contributed by atoms with Crippen molar-refractivity contribution in [2.75, 3.05) is 12.3 Å². The predicted molar refractivity (Wildman–Crippen MR) is 72.8 cm³/mol. The number of oxazole rings is 1. The molecule has 1 aromatic heterocycles. The number of rotatable bonds is 5. The summed E-state index contributed by atoms with van der Waals surface area (Å²) >= 11 is 0. The van der Waals surface area contributed by atoms with Gasteiger partial charge in [-0.25, -0.2) is 4.79 Å². The van der Waals surface area contributed by atoms with E-state index >= 15 is 0 Å². The van der Waals surface area contributed by atoms with Crippen LogP contribution in [0.2, 0.25) is 0 Å². The summed E-state index contributed by atoms with van der Waals surface area (Å²) in [6.07, 6.45) is 1.91. The normalized spacial score (nSPS) is 10.8. The van der Waals surface area contributed by atoms with Crippen molar-refractivity contribution in [3.05, 3.63) is 28.7 Å². The number of hydrogen-bond acceptors (Lipinski definition) is 4. The number of carbonyl (C=O) groups excluding carboxylic acids is 1. The van der Waals surface area contributed by atoms with Crippen LogP contribution in [0.25, 0.3) is 11.1 Å². The minimum atomic E-state index is -0.571. The Labute approximate surface area is 110 Å². The van der Waals surface area contributed by atoms with Crippen molar-refractivity contribution in [3.63, 3.8) is 0 Å². The van der Waals surface area contributed by atoms with E-state index in [1.165, 1.54) is 4.57 Å². The topological polar surface area (TPSA) is 90.3 Å². The van der Waals surface area contributed by atoms with Gasteiger partial charge in [0.2, 0.25) is 5.91 Å². The molecular formula is C13H17N3O3. The van der Waals surface area contributed by atoms with Crippen LogP contribution in [0.15, 0.2) is 27.4 Å². The van der Waals surface area contributed by atoms with Gasteiger partial charge in [0.05, 0.1) is 5.69 Å². The van der Waals surface area contributed by atoms with E-state index in [9.17, 15) is 9.59 Å². The molecule has 0 saturated heterocycles. The lowest BCUT2D eigenvalue weighted by Crippen LogP contribution is -2.31. The van der Waals surface area contributed by atoms with Gasteiger partial charge in [0, 0.05) is 6.54 Å². The largest absolute Gasteiger partial charge is 0.420 e. The van der Waals surface area contributed by atoms with E-state index in [4.69, 9.17) is 10.2 Å². The van der Waals surface area contributed by atoms with Gasteiger partial charge in [-0.05, 0) is 18.6 Å². The Kier molecular flexibility index (Phi) is 3.89. The van der Waals surface area contributed by atoms with E-state index in [1.54, 1.807) is 18.2 Å². The number of unbranched alkanes of at least 4 members (excludes halogenated alkanes) is 1. The first kappa shape index (κ1) is 13.2. The van der Waals surface area contributed by atoms with Crippen LogP contribution in [0.4, 0.5) is 5.69 Å². The molecule has 3 N–H and O–H groups in total. The standard InChI is InChI=1S/C13H17N3O3/c1-2-3-7-15-11(17)8-16-12-9(14)5-4-6-10(12)19-13(16)18/h4-6H,2-3,7-8,14H2,1H3,(H,15,17). The van der Waals surface area contributed by atoms with Crippen molar-refractivity contribution in [2.45, 2.75) is 26.3 Å². The molecule has 0 aliphatic carbocycles. The van der Waals surface area contributed by atoms with Crippen LogP contribution < -0.4 is 16.8 Å². The van der Waals surface area contributed by atoms with Crippen LogP contribution in [0.1, 0.15) is 19.8 Å². The molecule has 0 aliphatic heterocycles. The second kappa shape index (κ2) is 5.60. The number of nitrogens with zero attached hydrogens (tertiary/aromatic N) is 1. The number of para-hydroxylation sites is 1. The maximum absolute atomic E-state index is 11.7. The molecule has 1 aromatic carbocycles. The van der Waals surface area contributed by atoms with Crippen LogP contribution in [-0.4, -0.2) is 17.0 Å². The summed E-state index contributed by atoms with van der Waals surface area (Å²) in [5.41, 5.74) is 7.10. The third-order valence-electron chi connectivity index (χ3n) is 2.87. The van der Waals surface area contributed by atoms with Crippen LogP contribution in [0, 0.1) is 0 Å². The zero-order valence-corrected chi connectivity index (χ0v) is 10.8. The molecule has 0 radical (unpaired) electrons. The minimum absolute atomic E-state index is 0.0796. The summed E-state index contributed by atoms with van der Waals surface area (Å²) in [6.45, 7) is 2.57. The highest BCUT2D eigenvalue weighted by Gasteiger charge is 2.14. The molecule has 6 heteroatoms. The summed E-state index contributed by atoms with van der Waals surface area (Å²) in [6, 6.07) is 5.02. The molecule has 0 fully saturated rings. The fraction of sp³-hybridized carbons (Fsp3) is 0.385. The van der Waals surface area contributed by atoms with E-state index in [0.717, 1.165) is 12.8 Å². The van der Waals surface area contributed by atoms with Crippen molar-refractivity contribution in [1.29, 1.82) is 0 Å². The van der Waals surface area contributed by atoms with E-state index < -0.39 is 5.76 Å². The van der Waals surface area contributed by atoms with E-state index in [1.807, 2.05) is 6.92 Å². The maximum atomic E-state index is 11.7. The van der Waals surface area contributed by atoms with Gasteiger partial charge in [-0.2, -0.15) is 0 Å². The number of hydrogen-bond donors (Lipinski definition) is 2. The first-order chi connectivity index (χ1) is 9.13. The molecule has 1 amide bonds. The Morgan fingerprint density at radius 2 is 2.26 bits per heavy atom. The number of fused-ring (bicyclic) bond motifs is 1. The number of anilines is 1. The SMILES string of the molecule is CCCCNC(=O)Cn1c(=O)oc2cccc(N)c21. The van der Waals surface area contributed by atoms with Gasteiger partial charge < -0.3 is 15.5 Å². The molecule has 0 saturated carbocycles. The lowest BCUT2D eigenvalue weighted by atomic mass is 10.3. The average molecular weight is 263 g/mol. The first-order valence-electron chi connectivity index (χ1n) is 6.28. The van der Waals surface area contributed by atoms with Gasteiger partial charge in [0.15, 0.2) is 5.58 Å². The van der Waals surface area contributed by atoms with E-state index in [-0.39, 0.29) is 12.5 Å². The maximum Gasteiger partial charge on any atom is 0.420 e. The number of nitrogen functional groups attached to an aromatic ring is 1. The average Bonchev–Trinajstić information content (AvgIpc) is 2.67. The van der Waals surface area contributed by atoms with Crippen LogP contribution in [-0.2, 0) is 11.3 Å². The lowest BCUT2D eigenvalue weighted by molar-refractivity contribution is -0.121. The molecule has 0 bridgehead atoms. The summed E-state index contributed by atoms with van der Waals surface area (Å²) in [4.78, 5) is 23.5. The lowest BCUT2D eigenvalue weighted by Gasteiger charge is -2.05. The Hall–Kier alpha value is -2.24. The van der Waals surface area contributed by atoms with Crippen molar-refractivity contribution in [2.24, 2.45) is 0 Å². The van der Waals surface area contributed by atoms with Crippen molar-refractivity contribution in [1.82, 2.24) is 9.88 Å². The number of nitrogens with two attached hydrogens (primary N) is 1. The minimum Gasteiger partial charge on any atom is -0.408 e. The van der Waals surface area contributed by atoms with Crippen molar-refractivity contribution in [3.8, 4) is 0 Å². The number of aromatic nitrogens is 1. The van der Waals surface area contributed by atoms with Gasteiger partial charge in [-0.3, -0.25) is 9.36 Å². The van der Waals surface area contributed by atoms with Crippen LogP contribution in [0.3, 0.4) is 0 Å². The van der Waals surface area contributed by atoms with Crippen LogP contribution >= 0.6 is 0 Å². The number of nitrogens with one attached hydrogen (secondary N) is 1. The van der Waals surface area contributed by atoms with Gasteiger partial charge in [-0.1, -0.05) is 19.4 Å². The molecule has 0 aliphatic rings. The molecule has 2 rings (SSSR count). The molecule has 0 spiro atoms. The number of benzene rings is 1. The van der Waals surface area contributed by atoms with E-state index in [2.05, 4.69) is 5.32 Å². The molecule has 0 unspecified atom stereocenters. The second-order valence-corrected chi connectivity index (χ2v) is 4.35. The number of amides is 1. The molecule has 0 atom stereocenters. The monoisotopic (exact) mass is 263 g/mol. The fourth-order valence-electron chi connectivity index (χ4n) is 1.90. The number of carbonyl (C=O) groups is 1. The molecular weight excluding hydrogens is 246 g/mol. The third kappa shape index (κ3) is 2.78. The molecule has 6 nitrogen and oxygen atoms in total.